The molecule has 1 heterocycles. The molecule has 8 nitrogen and oxygen atoms in total. The number of rotatable bonds is 8. The van der Waals surface area contributed by atoms with Gasteiger partial charge in [-0.25, -0.2) is 9.98 Å². The standard InChI is InChI=1S/C23H30N6O2.HI/c1-6-24-23(25-13-17-8-7-9-18(11-17)22-26-15-27-28-22)29(3)14-19-12-21(31-5)20(30-4)10-16(19)2;/h7-12,15H,6,13-14H2,1-5H3,(H,24,25)(H,26,27,28);1H. The quantitative estimate of drug-likeness (QED) is 0.251. The van der Waals surface area contributed by atoms with Crippen molar-refractivity contribution in [3.05, 3.63) is 59.4 Å². The minimum atomic E-state index is 0. The third-order valence-electron chi connectivity index (χ3n) is 4.97. The van der Waals surface area contributed by atoms with E-state index >= 15 is 0 Å². The Balaban J connectivity index is 0.00000363. The fraction of sp³-hybridized carbons (Fsp3) is 0.348. The minimum Gasteiger partial charge on any atom is -0.493 e. The van der Waals surface area contributed by atoms with E-state index in [0.717, 1.165) is 52.1 Å². The number of aliphatic imine (C=N–C) groups is 1. The molecule has 2 N–H and O–H groups in total. The molecule has 0 aliphatic carbocycles. The first-order valence-electron chi connectivity index (χ1n) is 10.2. The SMILES string of the molecule is CCNC(=NCc1cccc(-c2ncn[nH]2)c1)N(C)Cc1cc(OC)c(OC)cc1C.I. The molecule has 1 aromatic heterocycles. The summed E-state index contributed by atoms with van der Waals surface area (Å²) in [7, 11) is 5.33. The molecule has 0 aliphatic heterocycles. The van der Waals surface area contributed by atoms with Crippen LogP contribution >= 0.6 is 24.0 Å². The fourth-order valence-electron chi connectivity index (χ4n) is 3.32. The first-order valence-corrected chi connectivity index (χ1v) is 10.2. The summed E-state index contributed by atoms with van der Waals surface area (Å²) in [6.45, 7) is 6.17. The number of aromatic nitrogens is 3. The number of methoxy groups -OCH3 is 2. The van der Waals surface area contributed by atoms with Crippen LogP contribution in [0.1, 0.15) is 23.6 Å². The zero-order valence-electron chi connectivity index (χ0n) is 19.2. The average Bonchev–Trinajstić information content (AvgIpc) is 3.33. The van der Waals surface area contributed by atoms with E-state index in [2.05, 4.69) is 51.4 Å². The number of nitrogens with zero attached hydrogens (tertiary/aromatic N) is 4. The molecular weight excluding hydrogens is 519 g/mol. The largest absolute Gasteiger partial charge is 0.493 e. The molecule has 0 atom stereocenters. The van der Waals surface area contributed by atoms with Crippen molar-refractivity contribution in [1.29, 1.82) is 0 Å². The van der Waals surface area contributed by atoms with E-state index in [1.165, 1.54) is 6.33 Å². The molecule has 0 bridgehead atoms. The lowest BCUT2D eigenvalue weighted by atomic mass is 10.1. The zero-order chi connectivity index (χ0) is 22.2. The Kier molecular flexibility index (Phi) is 9.76. The Morgan fingerprint density at radius 3 is 2.56 bits per heavy atom. The number of aromatic amines is 1. The second-order valence-corrected chi connectivity index (χ2v) is 7.19. The monoisotopic (exact) mass is 550 g/mol. The highest BCUT2D eigenvalue weighted by molar-refractivity contribution is 14.0. The van der Waals surface area contributed by atoms with Crippen molar-refractivity contribution in [2.24, 2.45) is 4.99 Å². The lowest BCUT2D eigenvalue weighted by Gasteiger charge is -2.23. The summed E-state index contributed by atoms with van der Waals surface area (Å²) >= 11 is 0. The van der Waals surface area contributed by atoms with Crippen LogP contribution in [0, 0.1) is 6.92 Å². The predicted octanol–water partition coefficient (Wildman–Crippen LogP) is 4.01. The highest BCUT2D eigenvalue weighted by atomic mass is 127. The van der Waals surface area contributed by atoms with Crippen LogP contribution in [0.25, 0.3) is 11.4 Å². The van der Waals surface area contributed by atoms with Crippen molar-refractivity contribution < 1.29 is 9.47 Å². The molecule has 9 heteroatoms. The Morgan fingerprint density at radius 2 is 1.91 bits per heavy atom. The molecular formula is C23H31IN6O2. The highest BCUT2D eigenvalue weighted by Crippen LogP contribution is 2.30. The van der Waals surface area contributed by atoms with E-state index in [0.29, 0.717) is 13.1 Å². The number of benzene rings is 2. The van der Waals surface area contributed by atoms with Crippen molar-refractivity contribution in [1.82, 2.24) is 25.4 Å². The van der Waals surface area contributed by atoms with E-state index < -0.39 is 0 Å². The van der Waals surface area contributed by atoms with Crippen LogP contribution in [-0.4, -0.2) is 53.9 Å². The van der Waals surface area contributed by atoms with Gasteiger partial charge in [-0.3, -0.25) is 5.10 Å². The first-order chi connectivity index (χ1) is 15.0. The van der Waals surface area contributed by atoms with Crippen LogP contribution < -0.4 is 14.8 Å². The Labute approximate surface area is 206 Å². The molecule has 0 spiro atoms. The summed E-state index contributed by atoms with van der Waals surface area (Å²) in [6, 6.07) is 12.2. The number of ether oxygens (including phenoxy) is 2. The maximum atomic E-state index is 5.47. The van der Waals surface area contributed by atoms with Gasteiger partial charge in [-0.1, -0.05) is 18.2 Å². The Morgan fingerprint density at radius 1 is 1.16 bits per heavy atom. The molecule has 0 radical (unpaired) electrons. The number of hydrogen-bond acceptors (Lipinski definition) is 5. The molecule has 3 aromatic rings. The van der Waals surface area contributed by atoms with Gasteiger partial charge in [0.15, 0.2) is 23.3 Å². The molecule has 0 amide bonds. The maximum absolute atomic E-state index is 5.47. The molecule has 0 aliphatic rings. The lowest BCUT2D eigenvalue weighted by Crippen LogP contribution is -2.38. The normalized spacial score (nSPS) is 11.0. The van der Waals surface area contributed by atoms with Gasteiger partial charge in [0.2, 0.25) is 0 Å². The number of halogens is 1. The molecule has 0 unspecified atom stereocenters. The van der Waals surface area contributed by atoms with E-state index in [1.807, 2.05) is 31.3 Å². The molecule has 0 fully saturated rings. The van der Waals surface area contributed by atoms with Gasteiger partial charge in [-0.05, 0) is 48.7 Å². The smallest absolute Gasteiger partial charge is 0.194 e. The number of aryl methyl sites for hydroxylation is 1. The topological polar surface area (TPSA) is 87.7 Å². The molecule has 2 aromatic carbocycles. The van der Waals surface area contributed by atoms with Crippen molar-refractivity contribution in [2.75, 3.05) is 27.8 Å². The van der Waals surface area contributed by atoms with Crippen LogP contribution in [0.3, 0.4) is 0 Å². The summed E-state index contributed by atoms with van der Waals surface area (Å²) in [4.78, 5) is 11.2. The maximum Gasteiger partial charge on any atom is 0.194 e. The molecule has 172 valence electrons. The van der Waals surface area contributed by atoms with Gasteiger partial charge in [0.25, 0.3) is 0 Å². The fourth-order valence-corrected chi connectivity index (χ4v) is 3.32. The second-order valence-electron chi connectivity index (χ2n) is 7.19. The molecule has 0 saturated carbocycles. The third-order valence-corrected chi connectivity index (χ3v) is 4.97. The summed E-state index contributed by atoms with van der Waals surface area (Å²) in [5.41, 5.74) is 4.38. The van der Waals surface area contributed by atoms with Gasteiger partial charge < -0.3 is 19.7 Å². The van der Waals surface area contributed by atoms with Crippen LogP contribution in [0.15, 0.2) is 47.7 Å². The van der Waals surface area contributed by atoms with Crippen molar-refractivity contribution in [2.45, 2.75) is 26.9 Å². The number of H-pyrrole nitrogens is 1. The number of guanidine groups is 1. The lowest BCUT2D eigenvalue weighted by molar-refractivity contribution is 0.353. The van der Waals surface area contributed by atoms with Gasteiger partial charge in [-0.2, -0.15) is 5.10 Å². The summed E-state index contributed by atoms with van der Waals surface area (Å²) in [6.07, 6.45) is 1.51. The van der Waals surface area contributed by atoms with E-state index in [1.54, 1.807) is 14.2 Å². The zero-order valence-corrected chi connectivity index (χ0v) is 21.5. The molecule has 3 rings (SSSR count). The van der Waals surface area contributed by atoms with Crippen molar-refractivity contribution in [3.63, 3.8) is 0 Å². The Hall–Kier alpha value is -2.82. The van der Waals surface area contributed by atoms with Crippen molar-refractivity contribution in [3.8, 4) is 22.9 Å². The van der Waals surface area contributed by atoms with E-state index in [4.69, 9.17) is 14.5 Å². The molecule has 32 heavy (non-hydrogen) atoms. The number of nitrogens with one attached hydrogen (secondary N) is 2. The van der Waals surface area contributed by atoms with Gasteiger partial charge in [0.05, 0.1) is 20.8 Å². The van der Waals surface area contributed by atoms with E-state index in [-0.39, 0.29) is 24.0 Å². The van der Waals surface area contributed by atoms with Gasteiger partial charge in [-0.15, -0.1) is 24.0 Å². The van der Waals surface area contributed by atoms with Crippen molar-refractivity contribution >= 4 is 29.9 Å². The van der Waals surface area contributed by atoms with Crippen LogP contribution in [-0.2, 0) is 13.1 Å². The molecule has 0 saturated heterocycles. The predicted molar refractivity (Wildman–Crippen MR) is 138 cm³/mol. The number of hydrogen-bond donors (Lipinski definition) is 2. The third kappa shape index (κ3) is 6.35. The van der Waals surface area contributed by atoms with Crippen LogP contribution in [0.4, 0.5) is 0 Å². The van der Waals surface area contributed by atoms with Crippen LogP contribution in [0.2, 0.25) is 0 Å². The van der Waals surface area contributed by atoms with E-state index in [9.17, 15) is 0 Å². The Bertz CT molecular complexity index is 1020. The minimum absolute atomic E-state index is 0. The summed E-state index contributed by atoms with van der Waals surface area (Å²) < 4.78 is 10.9. The van der Waals surface area contributed by atoms with Gasteiger partial charge in [0, 0.05) is 25.7 Å². The first kappa shape index (κ1) is 25.4. The average molecular weight is 550 g/mol. The van der Waals surface area contributed by atoms with Gasteiger partial charge >= 0.3 is 0 Å². The van der Waals surface area contributed by atoms with Gasteiger partial charge in [0.1, 0.15) is 6.33 Å². The summed E-state index contributed by atoms with van der Waals surface area (Å²) in [5, 5.41) is 10.2. The second kappa shape index (κ2) is 12.3. The van der Waals surface area contributed by atoms with Crippen LogP contribution in [0.5, 0.6) is 11.5 Å². The summed E-state index contributed by atoms with van der Waals surface area (Å²) in [5.74, 6) is 3.04. The highest BCUT2D eigenvalue weighted by Gasteiger charge is 2.13.